The zero-order chi connectivity index (χ0) is 20.1. The summed E-state index contributed by atoms with van der Waals surface area (Å²) in [6.45, 7) is 2.28. The summed E-state index contributed by atoms with van der Waals surface area (Å²) < 4.78 is 0. The lowest BCUT2D eigenvalue weighted by atomic mass is 9.75. The highest BCUT2D eigenvalue weighted by molar-refractivity contribution is 6.43. The summed E-state index contributed by atoms with van der Waals surface area (Å²) in [4.78, 5) is 43.1. The number of carbonyl (C=O) groups excluding carboxylic acids is 2. The second kappa shape index (κ2) is 8.78. The topological polar surface area (TPSA) is 87.6 Å². The van der Waals surface area contributed by atoms with Crippen molar-refractivity contribution < 1.29 is 19.5 Å². The van der Waals surface area contributed by atoms with Gasteiger partial charge < -0.3 is 10.0 Å². The highest BCUT2D eigenvalue weighted by Crippen LogP contribution is 2.38. The highest BCUT2D eigenvalue weighted by atomic mass is 16.4. The minimum absolute atomic E-state index is 0.0442. The van der Waals surface area contributed by atoms with Gasteiger partial charge in [0.15, 0.2) is 0 Å². The molecule has 2 heterocycles. The van der Waals surface area contributed by atoms with Crippen LogP contribution in [0.2, 0.25) is 0 Å². The standard InChI is InChI=1S/C22H24N2O4/c1-2-17(16-10-6-12-23-14-16)18-11-7-13-24(19(18)22(27)28)21(26)20(25)15-8-4-3-5-9-15/h3-6,8-10,12,14,17-19H,2,7,11,13H2,1H3,(H,27,28). The Morgan fingerprint density at radius 1 is 1.18 bits per heavy atom. The molecule has 1 amide bonds. The van der Waals surface area contributed by atoms with Gasteiger partial charge in [-0.1, -0.05) is 43.3 Å². The van der Waals surface area contributed by atoms with E-state index in [1.54, 1.807) is 42.7 Å². The van der Waals surface area contributed by atoms with Gasteiger partial charge in [0.1, 0.15) is 6.04 Å². The second-order valence-electron chi connectivity index (χ2n) is 7.08. The molecule has 146 valence electrons. The number of hydrogen-bond donors (Lipinski definition) is 1. The van der Waals surface area contributed by atoms with Gasteiger partial charge in [-0.15, -0.1) is 0 Å². The number of pyridine rings is 1. The third-order valence-corrected chi connectivity index (χ3v) is 5.49. The fraction of sp³-hybridized carbons (Fsp3) is 0.364. The van der Waals surface area contributed by atoms with Crippen LogP contribution in [0.4, 0.5) is 0 Å². The third-order valence-electron chi connectivity index (χ3n) is 5.49. The maximum Gasteiger partial charge on any atom is 0.326 e. The quantitative estimate of drug-likeness (QED) is 0.614. The molecule has 1 aliphatic rings. The molecule has 1 aromatic heterocycles. The van der Waals surface area contributed by atoms with E-state index in [4.69, 9.17) is 0 Å². The highest BCUT2D eigenvalue weighted by Gasteiger charge is 2.44. The normalized spacial score (nSPS) is 20.4. The summed E-state index contributed by atoms with van der Waals surface area (Å²) in [6.07, 6.45) is 5.52. The monoisotopic (exact) mass is 380 g/mol. The van der Waals surface area contributed by atoms with Gasteiger partial charge in [-0.05, 0) is 42.7 Å². The van der Waals surface area contributed by atoms with Crippen molar-refractivity contribution in [3.63, 3.8) is 0 Å². The van der Waals surface area contributed by atoms with Crippen molar-refractivity contribution in [1.29, 1.82) is 0 Å². The van der Waals surface area contributed by atoms with Crippen molar-refractivity contribution in [3.05, 3.63) is 66.0 Å². The lowest BCUT2D eigenvalue weighted by Crippen LogP contribution is -2.55. The average Bonchev–Trinajstić information content (AvgIpc) is 2.74. The molecule has 1 fully saturated rings. The summed E-state index contributed by atoms with van der Waals surface area (Å²) in [7, 11) is 0. The number of amides is 1. The lowest BCUT2D eigenvalue weighted by Gasteiger charge is -2.42. The molecule has 6 heteroatoms. The van der Waals surface area contributed by atoms with Gasteiger partial charge in [-0.3, -0.25) is 14.6 Å². The molecule has 3 rings (SSSR count). The van der Waals surface area contributed by atoms with Crippen LogP contribution in [0.15, 0.2) is 54.9 Å². The van der Waals surface area contributed by atoms with Crippen LogP contribution in [0.3, 0.4) is 0 Å². The Morgan fingerprint density at radius 3 is 2.54 bits per heavy atom. The number of carboxylic acids is 1. The molecule has 28 heavy (non-hydrogen) atoms. The lowest BCUT2D eigenvalue weighted by molar-refractivity contribution is -0.153. The molecule has 1 aromatic carbocycles. The van der Waals surface area contributed by atoms with Gasteiger partial charge in [0, 0.05) is 24.5 Å². The molecule has 0 saturated carbocycles. The number of carboxylic acid groups (broad SMARTS) is 1. The fourth-order valence-electron chi connectivity index (χ4n) is 4.22. The number of likely N-dealkylation sites (tertiary alicyclic amines) is 1. The van der Waals surface area contributed by atoms with E-state index < -0.39 is 23.7 Å². The predicted octanol–water partition coefficient (Wildman–Crippen LogP) is 3.15. The molecule has 2 aromatic rings. The maximum atomic E-state index is 12.9. The van der Waals surface area contributed by atoms with E-state index in [0.29, 0.717) is 12.8 Å². The van der Waals surface area contributed by atoms with E-state index in [-0.39, 0.29) is 23.9 Å². The Labute approximate surface area is 164 Å². The van der Waals surface area contributed by atoms with Crippen LogP contribution >= 0.6 is 0 Å². The first-order valence-corrected chi connectivity index (χ1v) is 9.57. The molecule has 0 radical (unpaired) electrons. The van der Waals surface area contributed by atoms with E-state index in [0.717, 1.165) is 12.0 Å². The third kappa shape index (κ3) is 3.96. The number of hydrogen-bond acceptors (Lipinski definition) is 4. The minimum atomic E-state index is -1.07. The Bertz CT molecular complexity index is 838. The van der Waals surface area contributed by atoms with E-state index in [2.05, 4.69) is 4.98 Å². The number of benzene rings is 1. The number of carbonyl (C=O) groups is 3. The maximum absolute atomic E-state index is 12.9. The van der Waals surface area contributed by atoms with Crippen LogP contribution in [-0.2, 0) is 9.59 Å². The molecule has 0 aliphatic carbocycles. The van der Waals surface area contributed by atoms with Crippen molar-refractivity contribution in [2.24, 2.45) is 5.92 Å². The molecular formula is C22H24N2O4. The van der Waals surface area contributed by atoms with Crippen molar-refractivity contribution in [2.75, 3.05) is 6.54 Å². The van der Waals surface area contributed by atoms with Gasteiger partial charge in [-0.25, -0.2) is 4.79 Å². The number of piperidine rings is 1. The molecule has 0 bridgehead atoms. The van der Waals surface area contributed by atoms with Crippen LogP contribution in [0, 0.1) is 5.92 Å². The Kier molecular flexibility index (Phi) is 6.19. The van der Waals surface area contributed by atoms with Crippen LogP contribution in [0.1, 0.15) is 48.0 Å². The largest absolute Gasteiger partial charge is 0.480 e. The molecule has 6 nitrogen and oxygen atoms in total. The van der Waals surface area contributed by atoms with E-state index >= 15 is 0 Å². The number of nitrogens with zero attached hydrogens (tertiary/aromatic N) is 2. The van der Waals surface area contributed by atoms with Gasteiger partial charge in [0.25, 0.3) is 5.91 Å². The molecule has 3 atom stereocenters. The first-order valence-electron chi connectivity index (χ1n) is 9.57. The number of aromatic nitrogens is 1. The summed E-state index contributed by atoms with van der Waals surface area (Å²) in [5, 5.41) is 9.95. The molecular weight excluding hydrogens is 356 g/mol. The minimum Gasteiger partial charge on any atom is -0.480 e. The molecule has 1 saturated heterocycles. The van der Waals surface area contributed by atoms with E-state index in [1.807, 2.05) is 19.1 Å². The fourth-order valence-corrected chi connectivity index (χ4v) is 4.22. The SMILES string of the molecule is CCC(c1cccnc1)C1CCCN(C(=O)C(=O)c2ccccc2)C1C(=O)O. The number of rotatable bonds is 6. The average molecular weight is 380 g/mol. The Balaban J connectivity index is 1.91. The summed E-state index contributed by atoms with van der Waals surface area (Å²) in [5.74, 6) is -2.79. The Hall–Kier alpha value is -3.02. The van der Waals surface area contributed by atoms with Crippen molar-refractivity contribution in [3.8, 4) is 0 Å². The van der Waals surface area contributed by atoms with Gasteiger partial charge in [-0.2, -0.15) is 0 Å². The van der Waals surface area contributed by atoms with Gasteiger partial charge >= 0.3 is 5.97 Å². The number of Topliss-reactive ketones (excluding diaryl/α,β-unsaturated/α-hetero) is 1. The molecule has 3 unspecified atom stereocenters. The van der Waals surface area contributed by atoms with Gasteiger partial charge in [0.05, 0.1) is 0 Å². The van der Waals surface area contributed by atoms with E-state index in [9.17, 15) is 19.5 Å². The van der Waals surface area contributed by atoms with Crippen LogP contribution in [0.25, 0.3) is 0 Å². The zero-order valence-corrected chi connectivity index (χ0v) is 15.8. The summed E-state index contributed by atoms with van der Waals surface area (Å²) >= 11 is 0. The predicted molar refractivity (Wildman–Crippen MR) is 104 cm³/mol. The Morgan fingerprint density at radius 2 is 1.93 bits per heavy atom. The molecule has 1 aliphatic heterocycles. The summed E-state index contributed by atoms with van der Waals surface area (Å²) in [5.41, 5.74) is 1.24. The van der Waals surface area contributed by atoms with Crippen molar-refractivity contribution in [2.45, 2.75) is 38.1 Å². The smallest absolute Gasteiger partial charge is 0.326 e. The van der Waals surface area contributed by atoms with Crippen LogP contribution in [0.5, 0.6) is 0 Å². The van der Waals surface area contributed by atoms with Gasteiger partial charge in [0.2, 0.25) is 5.78 Å². The number of ketones is 1. The molecule has 0 spiro atoms. The zero-order valence-electron chi connectivity index (χ0n) is 15.8. The first-order chi connectivity index (χ1) is 13.5. The second-order valence-corrected chi connectivity index (χ2v) is 7.08. The van der Waals surface area contributed by atoms with Crippen LogP contribution in [-0.4, -0.2) is 45.2 Å². The van der Waals surface area contributed by atoms with Crippen molar-refractivity contribution in [1.82, 2.24) is 9.88 Å². The van der Waals surface area contributed by atoms with Crippen LogP contribution < -0.4 is 0 Å². The first kappa shape index (κ1) is 19.7. The summed E-state index contributed by atoms with van der Waals surface area (Å²) in [6, 6.07) is 11.0. The molecule has 1 N–H and O–H groups in total. The van der Waals surface area contributed by atoms with E-state index in [1.165, 1.54) is 4.90 Å². The number of aliphatic carboxylic acids is 1. The van der Waals surface area contributed by atoms with Crippen molar-refractivity contribution >= 4 is 17.7 Å².